The summed E-state index contributed by atoms with van der Waals surface area (Å²) in [5.41, 5.74) is -2.13. The molecule has 21 heavy (non-hydrogen) atoms. The molecule has 2 heterocycles. The van der Waals surface area contributed by atoms with E-state index in [4.69, 9.17) is 4.52 Å². The van der Waals surface area contributed by atoms with Crippen LogP contribution in [0.1, 0.15) is 41.7 Å². The minimum Gasteiger partial charge on any atom is -0.340 e. The zero-order chi connectivity index (χ0) is 15.2. The van der Waals surface area contributed by atoms with Gasteiger partial charge in [-0.15, -0.1) is 0 Å². The molecule has 9 heteroatoms. The Labute approximate surface area is 116 Å². The number of hydrogen-bond acceptors (Lipinski definition) is 5. The third-order valence-corrected chi connectivity index (χ3v) is 3.16. The Morgan fingerprint density at radius 1 is 1.43 bits per heavy atom. The molecule has 1 fully saturated rings. The van der Waals surface area contributed by atoms with Gasteiger partial charge in [-0.05, 0) is 18.9 Å². The third kappa shape index (κ3) is 2.81. The molecule has 0 aromatic carbocycles. The number of hydrogen-bond donors (Lipinski definition) is 0. The van der Waals surface area contributed by atoms with Crippen LogP contribution >= 0.6 is 0 Å². The molecular formula is C12H11F3N4O2. The molecule has 0 amide bonds. The predicted octanol–water partition coefficient (Wildman–Crippen LogP) is 1.88. The highest BCUT2D eigenvalue weighted by molar-refractivity contribution is 5.22. The Hall–Kier alpha value is -2.19. The lowest BCUT2D eigenvalue weighted by molar-refractivity contribution is -0.139. The van der Waals surface area contributed by atoms with Gasteiger partial charge in [-0.3, -0.25) is 4.79 Å². The summed E-state index contributed by atoms with van der Waals surface area (Å²) in [5, 5.41) is 7.56. The van der Waals surface area contributed by atoms with Gasteiger partial charge in [0.1, 0.15) is 12.1 Å². The van der Waals surface area contributed by atoms with Crippen molar-refractivity contribution in [3.05, 3.63) is 39.4 Å². The van der Waals surface area contributed by atoms with Crippen molar-refractivity contribution in [1.29, 1.82) is 0 Å². The van der Waals surface area contributed by atoms with Crippen molar-refractivity contribution in [1.82, 2.24) is 19.9 Å². The summed E-state index contributed by atoms with van der Waals surface area (Å²) in [7, 11) is 0. The summed E-state index contributed by atoms with van der Waals surface area (Å²) in [6.45, 7) is 1.30. The van der Waals surface area contributed by atoms with Crippen molar-refractivity contribution in [3.63, 3.8) is 0 Å². The van der Waals surface area contributed by atoms with Crippen LogP contribution in [0.5, 0.6) is 0 Å². The lowest BCUT2D eigenvalue weighted by Gasteiger charge is -2.11. The summed E-state index contributed by atoms with van der Waals surface area (Å²) >= 11 is 0. The van der Waals surface area contributed by atoms with E-state index in [9.17, 15) is 18.0 Å². The number of alkyl halides is 3. The first-order valence-corrected chi connectivity index (χ1v) is 6.33. The van der Waals surface area contributed by atoms with Crippen molar-refractivity contribution in [3.8, 4) is 0 Å². The van der Waals surface area contributed by atoms with Crippen molar-refractivity contribution >= 4 is 0 Å². The van der Waals surface area contributed by atoms with Crippen LogP contribution < -0.4 is 5.56 Å². The van der Waals surface area contributed by atoms with Crippen molar-refractivity contribution < 1.29 is 17.7 Å². The predicted molar refractivity (Wildman–Crippen MR) is 63.6 cm³/mol. The SMILES string of the molecule is Cc1nc(Cn2nc(C3CC3)cc(C(F)(F)F)c2=O)no1. The zero-order valence-corrected chi connectivity index (χ0v) is 11.0. The molecule has 0 saturated heterocycles. The van der Waals surface area contributed by atoms with Crippen LogP contribution in [0.25, 0.3) is 0 Å². The minimum absolute atomic E-state index is 0.00930. The molecular weight excluding hydrogens is 289 g/mol. The summed E-state index contributed by atoms with van der Waals surface area (Å²) in [6, 6.07) is 0.845. The van der Waals surface area contributed by atoms with Gasteiger partial charge < -0.3 is 4.52 Å². The number of aromatic nitrogens is 4. The van der Waals surface area contributed by atoms with E-state index in [1.165, 1.54) is 0 Å². The smallest absolute Gasteiger partial charge is 0.340 e. The van der Waals surface area contributed by atoms with Crippen LogP contribution in [-0.4, -0.2) is 19.9 Å². The molecule has 0 atom stereocenters. The van der Waals surface area contributed by atoms with Crippen LogP contribution in [0.4, 0.5) is 13.2 Å². The number of nitrogens with zero attached hydrogens (tertiary/aromatic N) is 4. The maximum absolute atomic E-state index is 12.9. The first kappa shape index (κ1) is 13.8. The van der Waals surface area contributed by atoms with Gasteiger partial charge in [0.25, 0.3) is 5.56 Å². The quantitative estimate of drug-likeness (QED) is 0.865. The fraction of sp³-hybridized carbons (Fsp3) is 0.500. The topological polar surface area (TPSA) is 73.8 Å². The Bertz CT molecular complexity index is 731. The second-order valence-corrected chi connectivity index (χ2v) is 4.95. The van der Waals surface area contributed by atoms with Crippen LogP contribution in [0.15, 0.2) is 15.4 Å². The molecule has 0 bridgehead atoms. The van der Waals surface area contributed by atoms with Crippen LogP contribution in [0.2, 0.25) is 0 Å². The number of aryl methyl sites for hydroxylation is 1. The van der Waals surface area contributed by atoms with Crippen molar-refractivity contribution in [2.24, 2.45) is 0 Å². The summed E-state index contributed by atoms with van der Waals surface area (Å²) < 4.78 is 44.3. The van der Waals surface area contributed by atoms with Gasteiger partial charge in [0.2, 0.25) is 5.89 Å². The lowest BCUT2D eigenvalue weighted by atomic mass is 10.2. The van der Waals surface area contributed by atoms with Crippen molar-refractivity contribution in [2.45, 2.75) is 38.4 Å². The maximum atomic E-state index is 12.9. The van der Waals surface area contributed by atoms with Crippen LogP contribution in [0.3, 0.4) is 0 Å². The Kier molecular flexibility index (Phi) is 3.07. The van der Waals surface area contributed by atoms with E-state index >= 15 is 0 Å². The van der Waals surface area contributed by atoms with Gasteiger partial charge >= 0.3 is 6.18 Å². The highest BCUT2D eigenvalue weighted by atomic mass is 19.4. The molecule has 0 radical (unpaired) electrons. The Morgan fingerprint density at radius 3 is 2.67 bits per heavy atom. The van der Waals surface area contributed by atoms with E-state index in [-0.39, 0.29) is 29.9 Å². The van der Waals surface area contributed by atoms with Gasteiger partial charge in [-0.1, -0.05) is 5.16 Å². The van der Waals surface area contributed by atoms with Crippen LogP contribution in [0, 0.1) is 6.92 Å². The summed E-state index contributed by atoms with van der Waals surface area (Å²) in [6.07, 6.45) is -3.15. The molecule has 0 spiro atoms. The molecule has 6 nitrogen and oxygen atoms in total. The van der Waals surface area contributed by atoms with Gasteiger partial charge in [0, 0.05) is 12.8 Å². The standard InChI is InChI=1S/C12H11F3N4O2/c1-6-16-10(18-21-6)5-19-11(20)8(12(13,14)15)4-9(17-19)7-2-3-7/h4,7H,2-3,5H2,1H3. The fourth-order valence-electron chi connectivity index (χ4n) is 1.99. The molecule has 3 rings (SSSR count). The Balaban J connectivity index is 2.05. The van der Waals surface area contributed by atoms with Crippen molar-refractivity contribution in [2.75, 3.05) is 0 Å². The maximum Gasteiger partial charge on any atom is 0.421 e. The average Bonchev–Trinajstić information content (AvgIpc) is 3.15. The van der Waals surface area contributed by atoms with E-state index < -0.39 is 17.3 Å². The molecule has 1 aliphatic carbocycles. The molecule has 2 aromatic rings. The van der Waals surface area contributed by atoms with Gasteiger partial charge in [-0.25, -0.2) is 4.68 Å². The second-order valence-electron chi connectivity index (χ2n) is 4.95. The normalized spacial score (nSPS) is 15.4. The van der Waals surface area contributed by atoms with E-state index in [1.807, 2.05) is 0 Å². The molecule has 2 aromatic heterocycles. The highest BCUT2D eigenvalue weighted by Gasteiger charge is 2.37. The van der Waals surface area contributed by atoms with E-state index in [0.717, 1.165) is 23.6 Å². The number of rotatable bonds is 3. The van der Waals surface area contributed by atoms with Gasteiger partial charge in [-0.2, -0.15) is 23.3 Å². The van der Waals surface area contributed by atoms with Crippen LogP contribution in [-0.2, 0) is 12.7 Å². The molecule has 0 N–H and O–H groups in total. The highest BCUT2D eigenvalue weighted by Crippen LogP contribution is 2.40. The largest absolute Gasteiger partial charge is 0.421 e. The fourth-order valence-corrected chi connectivity index (χ4v) is 1.99. The molecule has 1 saturated carbocycles. The van der Waals surface area contributed by atoms with E-state index in [0.29, 0.717) is 0 Å². The van der Waals surface area contributed by atoms with E-state index in [2.05, 4.69) is 15.2 Å². The van der Waals surface area contributed by atoms with Gasteiger partial charge in [0.05, 0.1) is 5.69 Å². The molecule has 112 valence electrons. The minimum atomic E-state index is -4.71. The van der Waals surface area contributed by atoms with E-state index in [1.54, 1.807) is 6.92 Å². The molecule has 0 aliphatic heterocycles. The third-order valence-electron chi connectivity index (χ3n) is 3.16. The average molecular weight is 300 g/mol. The molecule has 0 unspecified atom stereocenters. The number of halogens is 3. The monoisotopic (exact) mass is 300 g/mol. The summed E-state index contributed by atoms with van der Waals surface area (Å²) in [5.74, 6) is 0.376. The van der Waals surface area contributed by atoms with Gasteiger partial charge in [0.15, 0.2) is 5.82 Å². The molecule has 1 aliphatic rings. The lowest BCUT2D eigenvalue weighted by Crippen LogP contribution is -2.32. The first-order valence-electron chi connectivity index (χ1n) is 6.33. The Morgan fingerprint density at radius 2 is 2.14 bits per heavy atom. The summed E-state index contributed by atoms with van der Waals surface area (Å²) in [4.78, 5) is 15.8. The second kappa shape index (κ2) is 4.68. The zero-order valence-electron chi connectivity index (χ0n) is 11.0. The first-order chi connectivity index (χ1) is 9.84.